The van der Waals surface area contributed by atoms with Crippen LogP contribution < -0.4 is 0 Å². The van der Waals surface area contributed by atoms with E-state index in [1.54, 1.807) is 35.7 Å². The maximum Gasteiger partial charge on any atom is 0.416 e. The minimum atomic E-state index is -4.34. The van der Waals surface area contributed by atoms with E-state index >= 15 is 0 Å². The van der Waals surface area contributed by atoms with Crippen molar-refractivity contribution in [3.05, 3.63) is 52.3 Å². The Labute approximate surface area is 166 Å². The highest BCUT2D eigenvalue weighted by Crippen LogP contribution is 2.29. The molecular weight excluding hydrogens is 393 g/mol. The van der Waals surface area contributed by atoms with Gasteiger partial charge in [0, 0.05) is 38.9 Å². The van der Waals surface area contributed by atoms with Crippen LogP contribution in [0.5, 0.6) is 0 Å². The van der Waals surface area contributed by atoms with Gasteiger partial charge in [0.15, 0.2) is 0 Å². The minimum Gasteiger partial charge on any atom is -0.338 e. The molecule has 1 aliphatic rings. The standard InChI is InChI=1S/C19H22ClF3N4O/c1-13-17(20)12-27(24-13)14(2)18(28)26-8-6-25(7-9-26)11-15-4-3-5-16(10-15)19(21,22)23/h3-5,10,12,14H,6-9,11H2,1-2H3. The van der Waals surface area contributed by atoms with Crippen molar-refractivity contribution in [1.82, 2.24) is 19.6 Å². The summed E-state index contributed by atoms with van der Waals surface area (Å²) in [7, 11) is 0. The molecule has 1 aromatic heterocycles. The highest BCUT2D eigenvalue weighted by Gasteiger charge is 2.31. The zero-order chi connectivity index (χ0) is 20.5. The fourth-order valence-corrected chi connectivity index (χ4v) is 3.40. The Morgan fingerprint density at radius 2 is 1.93 bits per heavy atom. The summed E-state index contributed by atoms with van der Waals surface area (Å²) in [6, 6.07) is 4.92. The molecule has 28 heavy (non-hydrogen) atoms. The molecule has 1 saturated heterocycles. The average molecular weight is 415 g/mol. The summed E-state index contributed by atoms with van der Waals surface area (Å²) in [5.74, 6) is -0.0436. The first kappa shape index (κ1) is 20.7. The number of aromatic nitrogens is 2. The lowest BCUT2D eigenvalue weighted by Crippen LogP contribution is -2.50. The topological polar surface area (TPSA) is 41.4 Å². The fourth-order valence-electron chi connectivity index (χ4n) is 3.27. The van der Waals surface area contributed by atoms with Crippen molar-refractivity contribution in [3.63, 3.8) is 0 Å². The number of amides is 1. The number of rotatable bonds is 4. The minimum absolute atomic E-state index is 0.0436. The lowest BCUT2D eigenvalue weighted by Gasteiger charge is -2.36. The molecule has 0 aliphatic carbocycles. The van der Waals surface area contributed by atoms with Gasteiger partial charge in [-0.15, -0.1) is 0 Å². The molecule has 152 valence electrons. The zero-order valence-corrected chi connectivity index (χ0v) is 16.5. The van der Waals surface area contributed by atoms with Crippen molar-refractivity contribution in [1.29, 1.82) is 0 Å². The molecule has 2 heterocycles. The van der Waals surface area contributed by atoms with Gasteiger partial charge in [0.1, 0.15) is 6.04 Å². The van der Waals surface area contributed by atoms with E-state index in [1.807, 2.05) is 0 Å². The Morgan fingerprint density at radius 3 is 2.50 bits per heavy atom. The third kappa shape index (κ3) is 4.67. The second-order valence-electron chi connectivity index (χ2n) is 7.02. The van der Waals surface area contributed by atoms with Crippen LogP contribution in [-0.4, -0.2) is 51.7 Å². The molecule has 1 aliphatic heterocycles. The van der Waals surface area contributed by atoms with E-state index < -0.39 is 17.8 Å². The summed E-state index contributed by atoms with van der Waals surface area (Å²) in [5.41, 5.74) is 0.651. The quantitative estimate of drug-likeness (QED) is 0.764. The Kier molecular flexibility index (Phi) is 6.00. The number of aryl methyl sites for hydroxylation is 1. The molecule has 0 saturated carbocycles. The lowest BCUT2D eigenvalue weighted by molar-refractivity contribution is -0.138. The number of piperazine rings is 1. The SMILES string of the molecule is Cc1nn(C(C)C(=O)N2CCN(Cc3cccc(C(F)(F)F)c3)CC2)cc1Cl. The van der Waals surface area contributed by atoms with Gasteiger partial charge < -0.3 is 4.90 Å². The first-order chi connectivity index (χ1) is 13.1. The van der Waals surface area contributed by atoms with Gasteiger partial charge in [-0.2, -0.15) is 18.3 Å². The molecule has 3 rings (SSSR count). The van der Waals surface area contributed by atoms with Gasteiger partial charge in [0.05, 0.1) is 16.3 Å². The number of hydrogen-bond acceptors (Lipinski definition) is 3. The van der Waals surface area contributed by atoms with Gasteiger partial charge >= 0.3 is 6.18 Å². The third-order valence-electron chi connectivity index (χ3n) is 4.96. The largest absolute Gasteiger partial charge is 0.416 e. The molecule has 0 bridgehead atoms. The second-order valence-corrected chi connectivity index (χ2v) is 7.43. The van der Waals surface area contributed by atoms with Crippen LogP contribution >= 0.6 is 11.6 Å². The van der Waals surface area contributed by atoms with Crippen molar-refractivity contribution < 1.29 is 18.0 Å². The fraction of sp³-hybridized carbons (Fsp3) is 0.474. The van der Waals surface area contributed by atoms with E-state index in [1.165, 1.54) is 12.1 Å². The van der Waals surface area contributed by atoms with Gasteiger partial charge in [0.2, 0.25) is 5.91 Å². The number of nitrogens with zero attached hydrogens (tertiary/aromatic N) is 4. The smallest absolute Gasteiger partial charge is 0.338 e. The van der Waals surface area contributed by atoms with Crippen LogP contribution in [-0.2, 0) is 17.5 Å². The first-order valence-electron chi connectivity index (χ1n) is 9.03. The van der Waals surface area contributed by atoms with E-state index in [4.69, 9.17) is 11.6 Å². The molecule has 0 N–H and O–H groups in total. The van der Waals surface area contributed by atoms with Gasteiger partial charge in [-0.3, -0.25) is 14.4 Å². The molecule has 2 aromatic rings. The summed E-state index contributed by atoms with van der Waals surface area (Å²) in [6.45, 7) is 6.24. The molecule has 1 aromatic carbocycles. The number of benzene rings is 1. The van der Waals surface area contributed by atoms with Crippen molar-refractivity contribution in [2.45, 2.75) is 32.6 Å². The molecule has 1 unspecified atom stereocenters. The van der Waals surface area contributed by atoms with E-state index in [9.17, 15) is 18.0 Å². The van der Waals surface area contributed by atoms with E-state index in [0.29, 0.717) is 49.0 Å². The number of halogens is 4. The Morgan fingerprint density at radius 1 is 1.25 bits per heavy atom. The number of alkyl halides is 3. The van der Waals surface area contributed by atoms with Crippen LogP contribution in [0.1, 0.15) is 29.8 Å². The lowest BCUT2D eigenvalue weighted by atomic mass is 10.1. The average Bonchev–Trinajstić information content (AvgIpc) is 2.99. The molecule has 0 spiro atoms. The van der Waals surface area contributed by atoms with Crippen molar-refractivity contribution in [2.24, 2.45) is 0 Å². The molecule has 1 amide bonds. The normalized spacial score (nSPS) is 17.0. The number of carbonyl (C=O) groups excluding carboxylic acids is 1. The van der Waals surface area contributed by atoms with Gasteiger partial charge in [0.25, 0.3) is 0 Å². The van der Waals surface area contributed by atoms with Crippen LogP contribution in [0.15, 0.2) is 30.5 Å². The maximum absolute atomic E-state index is 12.9. The van der Waals surface area contributed by atoms with Crippen LogP contribution in [0.3, 0.4) is 0 Å². The number of hydrogen-bond donors (Lipinski definition) is 0. The summed E-state index contributed by atoms with van der Waals surface area (Å²) in [5, 5.41) is 4.78. The van der Waals surface area contributed by atoms with Gasteiger partial charge in [-0.25, -0.2) is 0 Å². The Balaban J connectivity index is 1.56. The molecule has 5 nitrogen and oxygen atoms in total. The summed E-state index contributed by atoms with van der Waals surface area (Å²) < 4.78 is 40.1. The van der Waals surface area contributed by atoms with E-state index in [2.05, 4.69) is 10.00 Å². The maximum atomic E-state index is 12.9. The second kappa shape index (κ2) is 8.13. The Hall–Kier alpha value is -2.06. The number of carbonyl (C=O) groups is 1. The summed E-state index contributed by atoms with van der Waals surface area (Å²) in [6.07, 6.45) is -2.70. The molecule has 0 radical (unpaired) electrons. The molecule has 1 atom stereocenters. The highest BCUT2D eigenvalue weighted by atomic mass is 35.5. The highest BCUT2D eigenvalue weighted by molar-refractivity contribution is 6.31. The van der Waals surface area contributed by atoms with Crippen LogP contribution in [0.4, 0.5) is 13.2 Å². The predicted molar refractivity (Wildman–Crippen MR) is 100.0 cm³/mol. The Bertz CT molecular complexity index is 824. The van der Waals surface area contributed by atoms with Gasteiger partial charge in [-0.1, -0.05) is 29.8 Å². The molecule has 1 fully saturated rings. The van der Waals surface area contributed by atoms with Crippen LogP contribution in [0, 0.1) is 6.92 Å². The van der Waals surface area contributed by atoms with Crippen molar-refractivity contribution in [2.75, 3.05) is 26.2 Å². The van der Waals surface area contributed by atoms with E-state index in [0.717, 1.165) is 6.07 Å². The summed E-state index contributed by atoms with van der Waals surface area (Å²) in [4.78, 5) is 16.5. The summed E-state index contributed by atoms with van der Waals surface area (Å²) >= 11 is 6.01. The monoisotopic (exact) mass is 414 g/mol. The zero-order valence-electron chi connectivity index (χ0n) is 15.7. The van der Waals surface area contributed by atoms with Gasteiger partial charge in [-0.05, 0) is 25.5 Å². The predicted octanol–water partition coefficient (Wildman–Crippen LogP) is 3.77. The molecular formula is C19H22ClF3N4O. The van der Waals surface area contributed by atoms with Crippen molar-refractivity contribution in [3.8, 4) is 0 Å². The third-order valence-corrected chi connectivity index (χ3v) is 5.33. The van der Waals surface area contributed by atoms with Crippen LogP contribution in [0.25, 0.3) is 0 Å². The van der Waals surface area contributed by atoms with Crippen LogP contribution in [0.2, 0.25) is 5.02 Å². The van der Waals surface area contributed by atoms with E-state index in [-0.39, 0.29) is 5.91 Å². The van der Waals surface area contributed by atoms with Crippen molar-refractivity contribution >= 4 is 17.5 Å². The molecule has 9 heteroatoms. The first-order valence-corrected chi connectivity index (χ1v) is 9.41.